The third-order valence-corrected chi connectivity index (χ3v) is 5.56. The predicted molar refractivity (Wildman–Crippen MR) is 90.0 cm³/mol. The Morgan fingerprint density at radius 2 is 1.84 bits per heavy atom. The molecule has 134 valence electrons. The first-order chi connectivity index (χ1) is 11.9. The maximum absolute atomic E-state index is 13.0. The molecule has 0 bridgehead atoms. The molecule has 25 heavy (non-hydrogen) atoms. The number of carbonyl (C=O) groups excluding carboxylic acids is 1. The molecule has 2 heterocycles. The monoisotopic (exact) mass is 364 g/mol. The number of rotatable bonds is 5. The fourth-order valence-corrected chi connectivity index (χ4v) is 3.72. The average Bonchev–Trinajstić information content (AvgIpc) is 3.14. The molecule has 3 rings (SSSR count). The van der Waals surface area contributed by atoms with E-state index in [1.807, 2.05) is 30.3 Å². The SMILES string of the molecule is CS(=O)(=O)N1CCN(C(=O)[C@@H](Cc2ccccc2)n2cnnn2)CC1. The summed E-state index contributed by atoms with van der Waals surface area (Å²) in [5, 5.41) is 11.1. The van der Waals surface area contributed by atoms with Gasteiger partial charge in [-0.1, -0.05) is 30.3 Å². The van der Waals surface area contributed by atoms with Crippen LogP contribution in [0.25, 0.3) is 0 Å². The molecule has 1 aromatic heterocycles. The van der Waals surface area contributed by atoms with Crippen LogP contribution in [0.3, 0.4) is 0 Å². The van der Waals surface area contributed by atoms with Crippen molar-refractivity contribution in [2.45, 2.75) is 12.5 Å². The van der Waals surface area contributed by atoms with Crippen LogP contribution in [0.4, 0.5) is 0 Å². The van der Waals surface area contributed by atoms with E-state index in [1.54, 1.807) is 4.90 Å². The molecule has 0 radical (unpaired) electrons. The second-order valence-electron chi connectivity index (χ2n) is 5.98. The smallest absolute Gasteiger partial charge is 0.248 e. The van der Waals surface area contributed by atoms with Crippen molar-refractivity contribution in [3.8, 4) is 0 Å². The van der Waals surface area contributed by atoms with Crippen molar-refractivity contribution >= 4 is 15.9 Å². The van der Waals surface area contributed by atoms with Gasteiger partial charge in [-0.15, -0.1) is 5.10 Å². The van der Waals surface area contributed by atoms with Gasteiger partial charge in [-0.25, -0.2) is 13.1 Å². The summed E-state index contributed by atoms with van der Waals surface area (Å²) in [6.07, 6.45) is 3.08. The summed E-state index contributed by atoms with van der Waals surface area (Å²) in [6, 6.07) is 9.10. The van der Waals surface area contributed by atoms with Crippen LogP contribution in [0.15, 0.2) is 36.7 Å². The molecule has 2 aromatic rings. The van der Waals surface area contributed by atoms with Crippen LogP contribution in [-0.2, 0) is 21.2 Å². The second kappa shape index (κ2) is 7.28. The standard InChI is InChI=1S/C15H20N6O3S/c1-25(23,24)20-9-7-19(8-10-20)15(22)14(21-12-16-17-18-21)11-13-5-3-2-4-6-13/h2-6,12,14H,7-11H2,1H3/t14-/m1/s1. The van der Waals surface area contributed by atoms with E-state index < -0.39 is 16.1 Å². The van der Waals surface area contributed by atoms with Crippen molar-refractivity contribution in [3.05, 3.63) is 42.2 Å². The number of aromatic nitrogens is 4. The molecule has 1 saturated heterocycles. The van der Waals surface area contributed by atoms with Crippen molar-refractivity contribution in [2.75, 3.05) is 32.4 Å². The summed E-state index contributed by atoms with van der Waals surface area (Å²) in [4.78, 5) is 14.7. The molecule has 10 heteroatoms. The Morgan fingerprint density at radius 3 is 2.40 bits per heavy atom. The van der Waals surface area contributed by atoms with Crippen molar-refractivity contribution in [2.24, 2.45) is 0 Å². The Bertz CT molecular complexity index is 801. The van der Waals surface area contributed by atoms with Gasteiger partial charge >= 0.3 is 0 Å². The fourth-order valence-electron chi connectivity index (χ4n) is 2.89. The third kappa shape index (κ3) is 4.20. The first-order valence-electron chi connectivity index (χ1n) is 7.95. The number of sulfonamides is 1. The molecule has 1 aliphatic heterocycles. The highest BCUT2D eigenvalue weighted by Crippen LogP contribution is 2.18. The maximum atomic E-state index is 13.0. The van der Waals surface area contributed by atoms with Gasteiger partial charge in [-0.05, 0) is 16.0 Å². The molecule has 1 aliphatic rings. The normalized spacial score (nSPS) is 17.4. The summed E-state index contributed by atoms with van der Waals surface area (Å²) < 4.78 is 26.1. The van der Waals surface area contributed by atoms with E-state index in [4.69, 9.17) is 0 Å². The third-order valence-electron chi connectivity index (χ3n) is 4.26. The van der Waals surface area contributed by atoms with Crippen molar-refractivity contribution in [1.82, 2.24) is 29.4 Å². The second-order valence-corrected chi connectivity index (χ2v) is 7.97. The number of carbonyl (C=O) groups is 1. The molecule has 1 aromatic carbocycles. The minimum atomic E-state index is -3.23. The number of amides is 1. The molecular formula is C15H20N6O3S. The summed E-state index contributed by atoms with van der Waals surface area (Å²) in [6.45, 7) is 1.33. The van der Waals surface area contributed by atoms with Gasteiger partial charge in [0, 0.05) is 32.6 Å². The van der Waals surface area contributed by atoms with Gasteiger partial charge in [0.1, 0.15) is 12.4 Å². The van der Waals surface area contributed by atoms with Crippen LogP contribution >= 0.6 is 0 Å². The largest absolute Gasteiger partial charge is 0.338 e. The number of benzene rings is 1. The first kappa shape index (κ1) is 17.5. The summed E-state index contributed by atoms with van der Waals surface area (Å²) >= 11 is 0. The highest BCUT2D eigenvalue weighted by molar-refractivity contribution is 7.88. The van der Waals surface area contributed by atoms with Crippen molar-refractivity contribution < 1.29 is 13.2 Å². The zero-order valence-electron chi connectivity index (χ0n) is 13.9. The number of hydrogen-bond acceptors (Lipinski definition) is 6. The van der Waals surface area contributed by atoms with Gasteiger partial charge in [0.15, 0.2) is 0 Å². The molecule has 0 saturated carbocycles. The molecule has 1 amide bonds. The molecule has 0 aliphatic carbocycles. The number of tetrazole rings is 1. The zero-order valence-corrected chi connectivity index (χ0v) is 14.7. The summed E-state index contributed by atoms with van der Waals surface area (Å²) in [5.41, 5.74) is 1.01. The zero-order chi connectivity index (χ0) is 17.9. The quantitative estimate of drug-likeness (QED) is 0.713. The lowest BCUT2D eigenvalue weighted by Gasteiger charge is -2.35. The van der Waals surface area contributed by atoms with Crippen LogP contribution in [0.2, 0.25) is 0 Å². The van der Waals surface area contributed by atoms with E-state index in [0.717, 1.165) is 5.56 Å². The lowest BCUT2D eigenvalue weighted by atomic mass is 10.0. The molecule has 0 N–H and O–H groups in total. The first-order valence-corrected chi connectivity index (χ1v) is 9.80. The van der Waals surface area contributed by atoms with E-state index in [-0.39, 0.29) is 5.91 Å². The Labute approximate surface area is 146 Å². The van der Waals surface area contributed by atoms with Gasteiger partial charge in [0.05, 0.1) is 6.26 Å². The molecule has 9 nitrogen and oxygen atoms in total. The number of hydrogen-bond donors (Lipinski definition) is 0. The Hall–Kier alpha value is -2.33. The summed E-state index contributed by atoms with van der Waals surface area (Å²) in [7, 11) is -3.23. The number of piperazine rings is 1. The molecule has 0 unspecified atom stereocenters. The van der Waals surface area contributed by atoms with Crippen LogP contribution < -0.4 is 0 Å². The van der Waals surface area contributed by atoms with E-state index >= 15 is 0 Å². The van der Waals surface area contributed by atoms with Gasteiger partial charge < -0.3 is 4.90 Å². The minimum absolute atomic E-state index is 0.107. The van der Waals surface area contributed by atoms with Gasteiger partial charge in [0.2, 0.25) is 15.9 Å². The number of nitrogens with zero attached hydrogens (tertiary/aromatic N) is 6. The Balaban J connectivity index is 1.74. The minimum Gasteiger partial charge on any atom is -0.338 e. The summed E-state index contributed by atoms with van der Waals surface area (Å²) in [5.74, 6) is -0.107. The van der Waals surface area contributed by atoms with E-state index in [2.05, 4.69) is 15.5 Å². The Morgan fingerprint density at radius 1 is 1.16 bits per heavy atom. The highest BCUT2D eigenvalue weighted by atomic mass is 32.2. The Kier molecular flexibility index (Phi) is 5.09. The van der Waals surface area contributed by atoms with E-state index in [1.165, 1.54) is 21.6 Å². The van der Waals surface area contributed by atoms with Crippen LogP contribution in [0, 0.1) is 0 Å². The van der Waals surface area contributed by atoms with Gasteiger partial charge in [-0.3, -0.25) is 4.79 Å². The van der Waals surface area contributed by atoms with Gasteiger partial charge in [-0.2, -0.15) is 4.31 Å². The van der Waals surface area contributed by atoms with E-state index in [0.29, 0.717) is 32.6 Å². The van der Waals surface area contributed by atoms with Crippen LogP contribution in [0.5, 0.6) is 0 Å². The highest BCUT2D eigenvalue weighted by Gasteiger charge is 2.31. The lowest BCUT2D eigenvalue weighted by molar-refractivity contribution is -0.136. The van der Waals surface area contributed by atoms with Gasteiger partial charge in [0.25, 0.3) is 0 Å². The van der Waals surface area contributed by atoms with E-state index in [9.17, 15) is 13.2 Å². The molecule has 1 fully saturated rings. The average molecular weight is 364 g/mol. The van der Waals surface area contributed by atoms with Crippen molar-refractivity contribution in [1.29, 1.82) is 0 Å². The van der Waals surface area contributed by atoms with Crippen molar-refractivity contribution in [3.63, 3.8) is 0 Å². The predicted octanol–water partition coefficient (Wildman–Crippen LogP) is -0.439. The molecule has 1 atom stereocenters. The molecule has 0 spiro atoms. The van der Waals surface area contributed by atoms with Crippen LogP contribution in [0.1, 0.15) is 11.6 Å². The van der Waals surface area contributed by atoms with Crippen LogP contribution in [-0.4, -0.2) is 76.2 Å². The topological polar surface area (TPSA) is 101 Å². The lowest BCUT2D eigenvalue weighted by Crippen LogP contribution is -2.52. The fraction of sp³-hybridized carbons (Fsp3) is 0.467. The maximum Gasteiger partial charge on any atom is 0.248 e. The molecular weight excluding hydrogens is 344 g/mol.